The molecule has 0 saturated heterocycles. The van der Waals surface area contributed by atoms with Crippen LogP contribution in [0.25, 0.3) is 0 Å². The molecular weight excluding hydrogens is 326 g/mol. The number of alkyl halides is 1. The second kappa shape index (κ2) is 7.30. The Morgan fingerprint density at radius 1 is 1.42 bits per heavy atom. The molecule has 0 bridgehead atoms. The highest BCUT2D eigenvalue weighted by Crippen LogP contribution is 2.22. The van der Waals surface area contributed by atoms with Crippen molar-refractivity contribution in [2.45, 2.75) is 33.6 Å². The van der Waals surface area contributed by atoms with Gasteiger partial charge < -0.3 is 5.32 Å². The second-order valence-corrected chi connectivity index (χ2v) is 6.84. The maximum absolute atomic E-state index is 12.1. The Morgan fingerprint density at radius 3 is 2.68 bits per heavy atom. The Labute approximate surface area is 129 Å². The van der Waals surface area contributed by atoms with Crippen LogP contribution in [0, 0.1) is 12.3 Å². The molecule has 1 aromatic rings. The zero-order valence-corrected chi connectivity index (χ0v) is 14.1. The van der Waals surface area contributed by atoms with E-state index < -0.39 is 0 Å². The second-order valence-electron chi connectivity index (χ2n) is 5.60. The zero-order chi connectivity index (χ0) is 14.5. The number of carbonyl (C=O) groups is 1. The topological polar surface area (TPSA) is 29.1 Å². The summed E-state index contributed by atoms with van der Waals surface area (Å²) < 4.78 is 1.02. The van der Waals surface area contributed by atoms with E-state index in [0.717, 1.165) is 22.9 Å². The first kappa shape index (κ1) is 16.5. The van der Waals surface area contributed by atoms with Gasteiger partial charge in [-0.25, -0.2) is 0 Å². The minimum Gasteiger partial charge on any atom is -0.352 e. The fourth-order valence-electron chi connectivity index (χ4n) is 1.84. The van der Waals surface area contributed by atoms with Crippen molar-refractivity contribution in [2.24, 2.45) is 5.41 Å². The molecule has 0 spiro atoms. The first-order valence-corrected chi connectivity index (χ1v) is 7.79. The Morgan fingerprint density at radius 2 is 2.11 bits per heavy atom. The summed E-state index contributed by atoms with van der Waals surface area (Å²) in [4.78, 5) is 12.1. The van der Waals surface area contributed by atoms with Gasteiger partial charge in [-0.05, 0) is 48.9 Å². The van der Waals surface area contributed by atoms with E-state index in [0.29, 0.717) is 18.0 Å². The molecule has 1 rings (SSSR count). The van der Waals surface area contributed by atoms with Crippen molar-refractivity contribution in [3.63, 3.8) is 0 Å². The fraction of sp³-hybridized carbons (Fsp3) is 0.533. The van der Waals surface area contributed by atoms with Crippen molar-refractivity contribution in [1.29, 1.82) is 0 Å². The summed E-state index contributed by atoms with van der Waals surface area (Å²) in [6.07, 6.45) is 1.98. The molecule has 4 heteroatoms. The highest BCUT2D eigenvalue weighted by atomic mass is 79.9. The third-order valence-electron chi connectivity index (χ3n) is 3.13. The quantitative estimate of drug-likeness (QED) is 0.753. The molecule has 0 atom stereocenters. The van der Waals surface area contributed by atoms with Crippen LogP contribution in [0.3, 0.4) is 0 Å². The average molecular weight is 347 g/mol. The lowest BCUT2D eigenvalue weighted by Gasteiger charge is -2.24. The third-order valence-corrected chi connectivity index (χ3v) is 4.29. The standard InChI is InChI=1S/C15H21BrClNO/c1-11-9-12(5-6-13(11)16)14(19)18-10-15(2,3)7-4-8-17/h5-6,9H,4,7-8,10H2,1-3H3,(H,18,19). The molecule has 0 aromatic heterocycles. The molecule has 0 heterocycles. The smallest absolute Gasteiger partial charge is 0.251 e. The summed E-state index contributed by atoms with van der Waals surface area (Å²) in [6, 6.07) is 5.63. The minimum atomic E-state index is -0.0189. The summed E-state index contributed by atoms with van der Waals surface area (Å²) in [6.45, 7) is 6.93. The lowest BCUT2D eigenvalue weighted by atomic mass is 9.88. The molecular formula is C15H21BrClNO. The van der Waals surface area contributed by atoms with Gasteiger partial charge in [0.2, 0.25) is 0 Å². The summed E-state index contributed by atoms with van der Waals surface area (Å²) in [7, 11) is 0. The fourth-order valence-corrected chi connectivity index (χ4v) is 2.22. The highest BCUT2D eigenvalue weighted by Gasteiger charge is 2.18. The molecule has 1 amide bonds. The average Bonchev–Trinajstić information content (AvgIpc) is 2.37. The van der Waals surface area contributed by atoms with Crippen molar-refractivity contribution in [3.05, 3.63) is 33.8 Å². The molecule has 0 aliphatic carbocycles. The molecule has 0 radical (unpaired) electrons. The lowest BCUT2D eigenvalue weighted by Crippen LogP contribution is -2.34. The van der Waals surface area contributed by atoms with Gasteiger partial charge in [0, 0.05) is 22.5 Å². The van der Waals surface area contributed by atoms with E-state index >= 15 is 0 Å². The first-order chi connectivity index (χ1) is 8.85. The van der Waals surface area contributed by atoms with Gasteiger partial charge in [-0.1, -0.05) is 29.8 Å². The van der Waals surface area contributed by atoms with Crippen LogP contribution in [0.15, 0.2) is 22.7 Å². The van der Waals surface area contributed by atoms with Gasteiger partial charge in [-0.15, -0.1) is 11.6 Å². The van der Waals surface area contributed by atoms with Crippen LogP contribution >= 0.6 is 27.5 Å². The van der Waals surface area contributed by atoms with Gasteiger partial charge in [-0.2, -0.15) is 0 Å². The number of hydrogen-bond acceptors (Lipinski definition) is 1. The van der Waals surface area contributed by atoms with Crippen LogP contribution in [0.2, 0.25) is 0 Å². The Hall–Kier alpha value is -0.540. The van der Waals surface area contributed by atoms with Crippen molar-refractivity contribution in [3.8, 4) is 0 Å². The number of nitrogens with one attached hydrogen (secondary N) is 1. The Kier molecular flexibility index (Phi) is 6.34. The van der Waals surface area contributed by atoms with Crippen LogP contribution in [0.5, 0.6) is 0 Å². The minimum absolute atomic E-state index is 0.0189. The van der Waals surface area contributed by atoms with Gasteiger partial charge >= 0.3 is 0 Å². The molecule has 1 N–H and O–H groups in total. The highest BCUT2D eigenvalue weighted by molar-refractivity contribution is 9.10. The summed E-state index contributed by atoms with van der Waals surface area (Å²) in [5, 5.41) is 3.00. The van der Waals surface area contributed by atoms with Crippen molar-refractivity contribution in [2.75, 3.05) is 12.4 Å². The van der Waals surface area contributed by atoms with Crippen LogP contribution in [0.1, 0.15) is 42.6 Å². The predicted octanol–water partition coefficient (Wildman–Crippen LogP) is 4.53. The molecule has 106 valence electrons. The number of aryl methyl sites for hydroxylation is 1. The van der Waals surface area contributed by atoms with E-state index in [-0.39, 0.29) is 11.3 Å². The number of amides is 1. The number of halogens is 2. The van der Waals surface area contributed by atoms with E-state index in [1.807, 2.05) is 25.1 Å². The molecule has 0 fully saturated rings. The van der Waals surface area contributed by atoms with Gasteiger partial charge in [-0.3, -0.25) is 4.79 Å². The number of hydrogen-bond donors (Lipinski definition) is 1. The molecule has 1 aromatic carbocycles. The van der Waals surface area contributed by atoms with Crippen molar-refractivity contribution in [1.82, 2.24) is 5.32 Å². The van der Waals surface area contributed by atoms with E-state index in [1.165, 1.54) is 0 Å². The van der Waals surface area contributed by atoms with E-state index in [9.17, 15) is 4.79 Å². The summed E-state index contributed by atoms with van der Waals surface area (Å²) in [5.41, 5.74) is 1.84. The lowest BCUT2D eigenvalue weighted by molar-refractivity contribution is 0.0934. The SMILES string of the molecule is Cc1cc(C(=O)NCC(C)(C)CCCCl)ccc1Br. The summed E-state index contributed by atoms with van der Waals surface area (Å²) in [5.74, 6) is 0.651. The first-order valence-electron chi connectivity index (χ1n) is 6.46. The Bertz CT molecular complexity index is 446. The van der Waals surface area contributed by atoms with Crippen LogP contribution in [-0.2, 0) is 0 Å². The van der Waals surface area contributed by atoms with Crippen LogP contribution in [0.4, 0.5) is 0 Å². The number of benzene rings is 1. The van der Waals surface area contributed by atoms with Crippen molar-refractivity contribution < 1.29 is 4.79 Å². The Balaban J connectivity index is 2.57. The van der Waals surface area contributed by atoms with Crippen LogP contribution in [-0.4, -0.2) is 18.3 Å². The van der Waals surface area contributed by atoms with Crippen LogP contribution < -0.4 is 5.32 Å². The zero-order valence-electron chi connectivity index (χ0n) is 11.7. The maximum atomic E-state index is 12.1. The van der Waals surface area contributed by atoms with Gasteiger partial charge in [0.25, 0.3) is 5.91 Å². The van der Waals surface area contributed by atoms with Gasteiger partial charge in [0.05, 0.1) is 0 Å². The summed E-state index contributed by atoms with van der Waals surface area (Å²) >= 11 is 9.14. The third kappa shape index (κ3) is 5.53. The molecule has 0 saturated carbocycles. The monoisotopic (exact) mass is 345 g/mol. The van der Waals surface area contributed by atoms with E-state index in [4.69, 9.17) is 11.6 Å². The van der Waals surface area contributed by atoms with Gasteiger partial charge in [0.1, 0.15) is 0 Å². The number of carbonyl (C=O) groups excluding carboxylic acids is 1. The van der Waals surface area contributed by atoms with E-state index in [2.05, 4.69) is 35.1 Å². The normalized spacial score (nSPS) is 11.4. The molecule has 19 heavy (non-hydrogen) atoms. The predicted molar refractivity (Wildman–Crippen MR) is 84.9 cm³/mol. The molecule has 2 nitrogen and oxygen atoms in total. The maximum Gasteiger partial charge on any atom is 0.251 e. The largest absolute Gasteiger partial charge is 0.352 e. The van der Waals surface area contributed by atoms with E-state index in [1.54, 1.807) is 0 Å². The van der Waals surface area contributed by atoms with Crippen molar-refractivity contribution >= 4 is 33.4 Å². The number of rotatable bonds is 6. The molecule has 0 unspecified atom stereocenters. The molecule has 0 aliphatic heterocycles. The van der Waals surface area contributed by atoms with Gasteiger partial charge in [0.15, 0.2) is 0 Å². The molecule has 0 aliphatic rings.